The van der Waals surface area contributed by atoms with Crippen molar-refractivity contribution in [1.29, 1.82) is 0 Å². The van der Waals surface area contributed by atoms with Crippen LogP contribution in [0, 0.1) is 0 Å². The molecule has 0 unspecified atom stereocenters. The van der Waals surface area contributed by atoms with Gasteiger partial charge in [-0.3, -0.25) is 4.79 Å². The minimum absolute atomic E-state index is 0.311. The summed E-state index contributed by atoms with van der Waals surface area (Å²) in [6.45, 7) is 2.40. The third kappa shape index (κ3) is 6.06. The molecule has 0 spiro atoms. The molecule has 0 radical (unpaired) electrons. The van der Waals surface area contributed by atoms with E-state index in [0.717, 1.165) is 12.8 Å². The Morgan fingerprint density at radius 2 is 2.00 bits per heavy atom. The van der Waals surface area contributed by atoms with E-state index in [2.05, 4.69) is 5.32 Å². The Hall–Kier alpha value is -1.81. The molecule has 0 saturated carbocycles. The van der Waals surface area contributed by atoms with Crippen molar-refractivity contribution in [2.75, 3.05) is 6.61 Å². The van der Waals surface area contributed by atoms with Crippen molar-refractivity contribution >= 4 is 23.5 Å². The predicted octanol–water partition coefficient (Wildman–Crippen LogP) is 2.93. The van der Waals surface area contributed by atoms with Gasteiger partial charge in [0.2, 0.25) is 0 Å². The number of carbonyl (C=O) groups excluding carboxylic acids is 2. The zero-order valence-corrected chi connectivity index (χ0v) is 11.4. The van der Waals surface area contributed by atoms with Crippen LogP contribution < -0.4 is 5.32 Å². The number of benzene rings is 1. The molecule has 1 amide bonds. The molecule has 0 aliphatic rings. The van der Waals surface area contributed by atoms with Crippen molar-refractivity contribution < 1.29 is 14.3 Å². The van der Waals surface area contributed by atoms with Crippen molar-refractivity contribution in [3.63, 3.8) is 0 Å². The third-order valence-corrected chi connectivity index (χ3v) is 2.53. The second kappa shape index (κ2) is 8.32. The van der Waals surface area contributed by atoms with Gasteiger partial charge in [0.1, 0.15) is 0 Å². The third-order valence-electron chi connectivity index (χ3n) is 2.28. The normalized spacial score (nSPS) is 10.4. The highest BCUT2D eigenvalue weighted by Crippen LogP contribution is 2.09. The first kappa shape index (κ1) is 15.2. The Kier molecular flexibility index (Phi) is 6.68. The van der Waals surface area contributed by atoms with Crippen molar-refractivity contribution in [3.05, 3.63) is 47.1 Å². The number of carbonyl (C=O) groups is 2. The van der Waals surface area contributed by atoms with Crippen LogP contribution in [0.1, 0.15) is 30.1 Å². The molecule has 0 aliphatic carbocycles. The van der Waals surface area contributed by atoms with Crippen molar-refractivity contribution in [2.24, 2.45) is 0 Å². The fourth-order valence-electron chi connectivity index (χ4n) is 1.24. The predicted molar refractivity (Wildman–Crippen MR) is 73.9 cm³/mol. The van der Waals surface area contributed by atoms with Crippen LogP contribution in [0.15, 0.2) is 36.5 Å². The number of nitrogens with one attached hydrogen (secondary N) is 1. The summed E-state index contributed by atoms with van der Waals surface area (Å²) in [5.41, 5.74) is 0.466. The van der Waals surface area contributed by atoms with Crippen LogP contribution >= 0.6 is 11.6 Å². The molecule has 0 aliphatic heterocycles. The number of rotatable bonds is 6. The highest BCUT2D eigenvalue weighted by molar-refractivity contribution is 6.30. The van der Waals surface area contributed by atoms with E-state index in [1.165, 1.54) is 12.3 Å². The lowest BCUT2D eigenvalue weighted by molar-refractivity contribution is -0.137. The second-order valence-electron chi connectivity index (χ2n) is 3.83. The standard InChI is InChI=1S/C14H16ClNO3/c1-2-3-10-19-13(17)8-9-16-14(18)11-4-6-12(15)7-5-11/h4-9H,2-3,10H2,1H3,(H,16,18)/b9-8+. The lowest BCUT2D eigenvalue weighted by Gasteiger charge is -2.01. The monoisotopic (exact) mass is 281 g/mol. The molecule has 4 nitrogen and oxygen atoms in total. The van der Waals surface area contributed by atoms with Gasteiger partial charge in [-0.05, 0) is 30.7 Å². The first-order valence-corrected chi connectivity index (χ1v) is 6.41. The van der Waals surface area contributed by atoms with E-state index in [0.29, 0.717) is 17.2 Å². The Morgan fingerprint density at radius 1 is 1.32 bits per heavy atom. The second-order valence-corrected chi connectivity index (χ2v) is 4.27. The fourth-order valence-corrected chi connectivity index (χ4v) is 1.36. The first-order chi connectivity index (χ1) is 9.13. The zero-order chi connectivity index (χ0) is 14.1. The Bertz CT molecular complexity index is 454. The van der Waals surface area contributed by atoms with Gasteiger partial charge >= 0.3 is 5.97 Å². The lowest BCUT2D eigenvalue weighted by Crippen LogP contribution is -2.17. The summed E-state index contributed by atoms with van der Waals surface area (Å²) < 4.78 is 4.89. The molecule has 0 aromatic heterocycles. The summed E-state index contributed by atoms with van der Waals surface area (Å²) in [6, 6.07) is 6.45. The van der Waals surface area contributed by atoms with Gasteiger partial charge in [-0.15, -0.1) is 0 Å². The number of esters is 1. The van der Waals surface area contributed by atoms with E-state index in [1.807, 2.05) is 6.92 Å². The summed E-state index contributed by atoms with van der Waals surface area (Å²) in [5, 5.41) is 3.04. The molecule has 1 N–H and O–H groups in total. The van der Waals surface area contributed by atoms with Crippen LogP contribution in [0.3, 0.4) is 0 Å². The molecule has 0 atom stereocenters. The number of amides is 1. The van der Waals surface area contributed by atoms with E-state index in [9.17, 15) is 9.59 Å². The average Bonchev–Trinajstić information content (AvgIpc) is 2.39. The molecular formula is C14H16ClNO3. The quantitative estimate of drug-likeness (QED) is 0.495. The maximum atomic E-state index is 11.6. The smallest absolute Gasteiger partial charge is 0.332 e. The molecule has 0 heterocycles. The first-order valence-electron chi connectivity index (χ1n) is 6.03. The van der Waals surface area contributed by atoms with Gasteiger partial charge in [-0.1, -0.05) is 24.9 Å². The van der Waals surface area contributed by atoms with Gasteiger partial charge in [0.25, 0.3) is 5.91 Å². The summed E-state index contributed by atoms with van der Waals surface area (Å²) in [5.74, 6) is -0.779. The largest absolute Gasteiger partial charge is 0.462 e. The van der Waals surface area contributed by atoms with E-state index in [4.69, 9.17) is 16.3 Å². The van der Waals surface area contributed by atoms with Crippen LogP contribution in [-0.2, 0) is 9.53 Å². The molecule has 0 fully saturated rings. The number of hydrogen-bond donors (Lipinski definition) is 1. The molecule has 5 heteroatoms. The summed E-state index contributed by atoms with van der Waals surface area (Å²) in [7, 11) is 0. The van der Waals surface area contributed by atoms with Crippen LogP contribution in [-0.4, -0.2) is 18.5 Å². The van der Waals surface area contributed by atoms with Crippen LogP contribution in [0.25, 0.3) is 0 Å². The van der Waals surface area contributed by atoms with Gasteiger partial charge in [0.05, 0.1) is 6.61 Å². The Morgan fingerprint density at radius 3 is 2.63 bits per heavy atom. The molecule has 1 aromatic rings. The maximum absolute atomic E-state index is 11.6. The van der Waals surface area contributed by atoms with Crippen molar-refractivity contribution in [1.82, 2.24) is 5.32 Å². The number of unbranched alkanes of at least 4 members (excludes halogenated alkanes) is 1. The van der Waals surface area contributed by atoms with E-state index >= 15 is 0 Å². The van der Waals surface area contributed by atoms with E-state index < -0.39 is 5.97 Å². The topological polar surface area (TPSA) is 55.4 Å². The Balaban J connectivity index is 2.37. The minimum Gasteiger partial charge on any atom is -0.462 e. The highest BCUT2D eigenvalue weighted by atomic mass is 35.5. The SMILES string of the molecule is CCCCOC(=O)/C=C/NC(=O)c1ccc(Cl)cc1. The van der Waals surface area contributed by atoms with Crippen LogP contribution in [0.5, 0.6) is 0 Å². The van der Waals surface area contributed by atoms with E-state index in [1.54, 1.807) is 24.3 Å². The molecule has 19 heavy (non-hydrogen) atoms. The molecular weight excluding hydrogens is 266 g/mol. The lowest BCUT2D eigenvalue weighted by atomic mass is 10.2. The maximum Gasteiger partial charge on any atom is 0.332 e. The number of ether oxygens (including phenoxy) is 1. The molecule has 0 bridgehead atoms. The van der Waals surface area contributed by atoms with Crippen molar-refractivity contribution in [2.45, 2.75) is 19.8 Å². The van der Waals surface area contributed by atoms with E-state index in [-0.39, 0.29) is 5.91 Å². The molecule has 1 aromatic carbocycles. The highest BCUT2D eigenvalue weighted by Gasteiger charge is 2.03. The minimum atomic E-state index is -0.468. The summed E-state index contributed by atoms with van der Waals surface area (Å²) in [4.78, 5) is 22.8. The zero-order valence-electron chi connectivity index (χ0n) is 10.7. The summed E-state index contributed by atoms with van der Waals surface area (Å²) >= 11 is 5.72. The van der Waals surface area contributed by atoms with Gasteiger partial charge in [-0.25, -0.2) is 4.79 Å². The fraction of sp³-hybridized carbons (Fsp3) is 0.286. The van der Waals surface area contributed by atoms with Crippen LogP contribution in [0.2, 0.25) is 5.02 Å². The van der Waals surface area contributed by atoms with Gasteiger partial charge in [-0.2, -0.15) is 0 Å². The Labute approximate surface area is 117 Å². The summed E-state index contributed by atoms with van der Waals surface area (Å²) in [6.07, 6.45) is 4.25. The number of hydrogen-bond acceptors (Lipinski definition) is 3. The number of halogens is 1. The van der Waals surface area contributed by atoms with Gasteiger partial charge in [0, 0.05) is 22.9 Å². The van der Waals surface area contributed by atoms with Crippen LogP contribution in [0.4, 0.5) is 0 Å². The molecule has 102 valence electrons. The van der Waals surface area contributed by atoms with Crippen molar-refractivity contribution in [3.8, 4) is 0 Å². The molecule has 0 saturated heterocycles. The average molecular weight is 282 g/mol. The van der Waals surface area contributed by atoms with Gasteiger partial charge in [0.15, 0.2) is 0 Å². The molecule has 1 rings (SSSR count). The van der Waals surface area contributed by atoms with Gasteiger partial charge < -0.3 is 10.1 Å².